The molecule has 0 amide bonds. The Morgan fingerprint density at radius 2 is 1.69 bits per heavy atom. The molecule has 0 bridgehead atoms. The predicted molar refractivity (Wildman–Crippen MR) is 57.7 cm³/mol. The predicted octanol–water partition coefficient (Wildman–Crippen LogP) is 2.62. The molecular formula is C12H16F2O2. The summed E-state index contributed by atoms with van der Waals surface area (Å²) in [6.45, 7) is 3.10. The summed E-state index contributed by atoms with van der Waals surface area (Å²) >= 11 is 0. The van der Waals surface area contributed by atoms with Gasteiger partial charge >= 0.3 is 0 Å². The van der Waals surface area contributed by atoms with E-state index < -0.39 is 19.1 Å². The van der Waals surface area contributed by atoms with E-state index in [4.69, 9.17) is 4.74 Å². The van der Waals surface area contributed by atoms with E-state index in [9.17, 15) is 13.9 Å². The van der Waals surface area contributed by atoms with E-state index in [1.807, 2.05) is 32.0 Å². The second kappa shape index (κ2) is 5.92. The van der Waals surface area contributed by atoms with Crippen LogP contribution >= 0.6 is 0 Å². The summed E-state index contributed by atoms with van der Waals surface area (Å²) in [6.07, 6.45) is -3.34. The van der Waals surface area contributed by atoms with E-state index in [0.717, 1.165) is 11.1 Å². The molecule has 1 atom stereocenters. The molecule has 16 heavy (non-hydrogen) atoms. The van der Waals surface area contributed by atoms with Crippen molar-refractivity contribution in [1.82, 2.24) is 0 Å². The Hall–Kier alpha value is -1.00. The maximum absolute atomic E-state index is 11.8. The standard InChI is InChI=1S/C12H16F2O2/c1-8-3-9(2)5-10(4-8)11(15)6-16-7-12(13)14/h3-5,11-12,15H,6-7H2,1-2H3. The van der Waals surface area contributed by atoms with Crippen LogP contribution in [-0.2, 0) is 4.74 Å². The van der Waals surface area contributed by atoms with Gasteiger partial charge in [0.15, 0.2) is 0 Å². The van der Waals surface area contributed by atoms with Crippen molar-refractivity contribution < 1.29 is 18.6 Å². The molecule has 1 aromatic rings. The summed E-state index contributed by atoms with van der Waals surface area (Å²) in [5.41, 5.74) is 2.76. The van der Waals surface area contributed by atoms with Crippen molar-refractivity contribution in [3.63, 3.8) is 0 Å². The van der Waals surface area contributed by atoms with Gasteiger partial charge in [-0.1, -0.05) is 29.3 Å². The molecule has 0 saturated heterocycles. The highest BCUT2D eigenvalue weighted by Crippen LogP contribution is 2.17. The van der Waals surface area contributed by atoms with Gasteiger partial charge < -0.3 is 9.84 Å². The van der Waals surface area contributed by atoms with Gasteiger partial charge in [-0.05, 0) is 19.4 Å². The first kappa shape index (κ1) is 13.1. The quantitative estimate of drug-likeness (QED) is 0.842. The van der Waals surface area contributed by atoms with Gasteiger partial charge in [0.25, 0.3) is 6.43 Å². The number of ether oxygens (including phenoxy) is 1. The summed E-state index contributed by atoms with van der Waals surface area (Å²) in [4.78, 5) is 0. The first-order valence-electron chi connectivity index (χ1n) is 5.11. The normalized spacial score (nSPS) is 13.1. The highest BCUT2D eigenvalue weighted by Gasteiger charge is 2.10. The van der Waals surface area contributed by atoms with Crippen LogP contribution in [0.5, 0.6) is 0 Å². The van der Waals surface area contributed by atoms with Crippen LogP contribution in [0, 0.1) is 13.8 Å². The zero-order valence-corrected chi connectivity index (χ0v) is 9.41. The van der Waals surface area contributed by atoms with Gasteiger partial charge in [-0.25, -0.2) is 8.78 Å². The maximum atomic E-state index is 11.8. The minimum Gasteiger partial charge on any atom is -0.386 e. The molecule has 0 aliphatic carbocycles. The van der Waals surface area contributed by atoms with Gasteiger partial charge in [0.05, 0.1) is 6.61 Å². The van der Waals surface area contributed by atoms with E-state index >= 15 is 0 Å². The minimum atomic E-state index is -2.49. The van der Waals surface area contributed by atoms with Crippen LogP contribution in [0.1, 0.15) is 22.8 Å². The fourth-order valence-corrected chi connectivity index (χ4v) is 1.57. The Morgan fingerprint density at radius 3 is 2.19 bits per heavy atom. The van der Waals surface area contributed by atoms with Crippen molar-refractivity contribution in [2.24, 2.45) is 0 Å². The fraction of sp³-hybridized carbons (Fsp3) is 0.500. The SMILES string of the molecule is Cc1cc(C)cc(C(O)COCC(F)F)c1. The molecule has 0 heterocycles. The Morgan fingerprint density at radius 1 is 1.12 bits per heavy atom. The molecule has 1 unspecified atom stereocenters. The Labute approximate surface area is 93.9 Å². The van der Waals surface area contributed by atoms with Gasteiger partial charge in [0.2, 0.25) is 0 Å². The number of hydrogen-bond donors (Lipinski definition) is 1. The monoisotopic (exact) mass is 230 g/mol. The van der Waals surface area contributed by atoms with Gasteiger partial charge in [0.1, 0.15) is 12.7 Å². The topological polar surface area (TPSA) is 29.5 Å². The molecule has 0 spiro atoms. The highest BCUT2D eigenvalue weighted by atomic mass is 19.3. The third kappa shape index (κ3) is 4.24. The number of alkyl halides is 2. The summed E-state index contributed by atoms with van der Waals surface area (Å²) in [7, 11) is 0. The molecule has 0 saturated carbocycles. The first-order chi connectivity index (χ1) is 7.49. The molecule has 1 aromatic carbocycles. The number of benzene rings is 1. The van der Waals surface area contributed by atoms with E-state index in [1.54, 1.807) is 0 Å². The zero-order valence-electron chi connectivity index (χ0n) is 9.41. The maximum Gasteiger partial charge on any atom is 0.261 e. The number of halogens is 2. The molecule has 0 radical (unpaired) electrons. The average molecular weight is 230 g/mol. The van der Waals surface area contributed by atoms with E-state index in [2.05, 4.69) is 0 Å². The van der Waals surface area contributed by atoms with Crippen molar-refractivity contribution >= 4 is 0 Å². The Bertz CT molecular complexity index is 320. The largest absolute Gasteiger partial charge is 0.386 e. The summed E-state index contributed by atoms with van der Waals surface area (Å²) in [6, 6.07) is 5.63. The third-order valence-corrected chi connectivity index (χ3v) is 2.15. The Balaban J connectivity index is 2.55. The average Bonchev–Trinajstić information content (AvgIpc) is 2.15. The summed E-state index contributed by atoms with van der Waals surface area (Å²) in [5.74, 6) is 0. The van der Waals surface area contributed by atoms with Gasteiger partial charge in [-0.2, -0.15) is 0 Å². The van der Waals surface area contributed by atoms with Crippen LogP contribution in [0.2, 0.25) is 0 Å². The van der Waals surface area contributed by atoms with Crippen LogP contribution in [0.15, 0.2) is 18.2 Å². The molecular weight excluding hydrogens is 214 g/mol. The first-order valence-corrected chi connectivity index (χ1v) is 5.11. The number of hydrogen-bond acceptors (Lipinski definition) is 2. The summed E-state index contributed by atoms with van der Waals surface area (Å²) in [5, 5.41) is 9.71. The van der Waals surface area contributed by atoms with E-state index in [0.29, 0.717) is 5.56 Å². The lowest BCUT2D eigenvalue weighted by Crippen LogP contribution is -2.12. The Kier molecular flexibility index (Phi) is 4.83. The lowest BCUT2D eigenvalue weighted by Gasteiger charge is -2.13. The van der Waals surface area contributed by atoms with Crippen molar-refractivity contribution in [2.75, 3.05) is 13.2 Å². The van der Waals surface area contributed by atoms with Crippen LogP contribution in [0.25, 0.3) is 0 Å². The molecule has 90 valence electrons. The molecule has 1 N–H and O–H groups in total. The van der Waals surface area contributed by atoms with E-state index in [-0.39, 0.29) is 6.61 Å². The van der Waals surface area contributed by atoms with Gasteiger partial charge in [0, 0.05) is 0 Å². The molecule has 1 rings (SSSR count). The third-order valence-electron chi connectivity index (χ3n) is 2.15. The smallest absolute Gasteiger partial charge is 0.261 e. The fourth-order valence-electron chi connectivity index (χ4n) is 1.57. The van der Waals surface area contributed by atoms with Crippen molar-refractivity contribution in [3.8, 4) is 0 Å². The van der Waals surface area contributed by atoms with Gasteiger partial charge in [-0.3, -0.25) is 0 Å². The lowest BCUT2D eigenvalue weighted by atomic mass is 10.0. The highest BCUT2D eigenvalue weighted by molar-refractivity contribution is 5.29. The van der Waals surface area contributed by atoms with Crippen molar-refractivity contribution in [1.29, 1.82) is 0 Å². The summed E-state index contributed by atoms with van der Waals surface area (Å²) < 4.78 is 28.3. The number of aryl methyl sites for hydroxylation is 2. The van der Waals surface area contributed by atoms with Gasteiger partial charge in [-0.15, -0.1) is 0 Å². The van der Waals surface area contributed by atoms with Crippen LogP contribution in [-0.4, -0.2) is 24.7 Å². The number of rotatable bonds is 5. The van der Waals surface area contributed by atoms with Crippen molar-refractivity contribution in [3.05, 3.63) is 34.9 Å². The van der Waals surface area contributed by atoms with E-state index in [1.165, 1.54) is 0 Å². The van der Waals surface area contributed by atoms with Crippen LogP contribution in [0.4, 0.5) is 8.78 Å². The molecule has 2 nitrogen and oxygen atoms in total. The molecule has 0 aliphatic rings. The molecule has 0 fully saturated rings. The number of aliphatic hydroxyl groups is 1. The lowest BCUT2D eigenvalue weighted by molar-refractivity contribution is -0.0204. The second-order valence-corrected chi connectivity index (χ2v) is 3.87. The number of aliphatic hydroxyl groups excluding tert-OH is 1. The van der Waals surface area contributed by atoms with Crippen LogP contribution < -0.4 is 0 Å². The molecule has 4 heteroatoms. The minimum absolute atomic E-state index is 0.104. The molecule has 0 aliphatic heterocycles. The molecule has 0 aromatic heterocycles. The van der Waals surface area contributed by atoms with Crippen LogP contribution in [0.3, 0.4) is 0 Å². The van der Waals surface area contributed by atoms with Crippen molar-refractivity contribution in [2.45, 2.75) is 26.4 Å². The zero-order chi connectivity index (χ0) is 12.1. The second-order valence-electron chi connectivity index (χ2n) is 3.87.